The van der Waals surface area contributed by atoms with Gasteiger partial charge in [-0.25, -0.2) is 22.5 Å². The molecule has 0 saturated carbocycles. The van der Waals surface area contributed by atoms with E-state index in [9.17, 15) is 36.3 Å². The lowest BCUT2D eigenvalue weighted by molar-refractivity contribution is 0.103. The minimum Gasteiger partial charge on any atom is -0.507 e. The molecular weight excluding hydrogens is 544 g/mol. The Morgan fingerprint density at radius 1 is 1.15 bits per heavy atom. The zero-order valence-electron chi connectivity index (χ0n) is 19.7. The molecule has 1 aliphatic rings. The number of H-pyrrole nitrogens is 1. The number of aromatic nitrogens is 2. The number of nitrogens with one attached hydrogen (secondary N) is 2. The highest BCUT2D eigenvalue weighted by Crippen LogP contribution is 2.32. The SMILES string of the molecule is O=Cc1c(O)cc(-c2cnc3[nH]cc(C(=O)c4c(F)ccc(NS(=O)(=O)N5CC[C@H](F)C5)c4F)c3c2)cc1F. The van der Waals surface area contributed by atoms with E-state index in [-0.39, 0.29) is 47.0 Å². The molecule has 14 heteroatoms. The van der Waals surface area contributed by atoms with E-state index < -0.39 is 68.7 Å². The number of fused-ring (bicyclic) bond motifs is 1. The predicted octanol–water partition coefficient (Wildman–Crippen LogP) is 4.10. The number of phenolic OH excluding ortho intramolecular Hbond substituents is 1. The number of anilines is 1. The Labute approximate surface area is 218 Å². The molecule has 0 bridgehead atoms. The van der Waals surface area contributed by atoms with E-state index in [4.69, 9.17) is 0 Å². The van der Waals surface area contributed by atoms with Crippen LogP contribution in [0.5, 0.6) is 5.75 Å². The van der Waals surface area contributed by atoms with Gasteiger partial charge in [0.1, 0.15) is 29.2 Å². The van der Waals surface area contributed by atoms with Crippen molar-refractivity contribution >= 4 is 39.0 Å². The van der Waals surface area contributed by atoms with Crippen molar-refractivity contribution in [2.75, 3.05) is 17.8 Å². The van der Waals surface area contributed by atoms with E-state index in [0.29, 0.717) is 0 Å². The first-order chi connectivity index (χ1) is 18.5. The summed E-state index contributed by atoms with van der Waals surface area (Å²) < 4.78 is 85.6. The van der Waals surface area contributed by atoms with Crippen LogP contribution in [0.2, 0.25) is 0 Å². The number of pyridine rings is 1. The Balaban J connectivity index is 1.53. The topological polar surface area (TPSA) is 132 Å². The van der Waals surface area contributed by atoms with Crippen LogP contribution in [0.4, 0.5) is 23.2 Å². The zero-order valence-corrected chi connectivity index (χ0v) is 20.5. The highest BCUT2D eigenvalue weighted by atomic mass is 32.2. The molecule has 0 radical (unpaired) electrons. The third-order valence-corrected chi connectivity index (χ3v) is 7.81. The molecule has 4 aromatic rings. The van der Waals surface area contributed by atoms with Gasteiger partial charge in [-0.1, -0.05) is 0 Å². The molecular formula is C25H18F4N4O5S. The smallest absolute Gasteiger partial charge is 0.301 e. The summed E-state index contributed by atoms with van der Waals surface area (Å²) in [5.74, 6) is -5.50. The van der Waals surface area contributed by atoms with Crippen molar-refractivity contribution in [1.82, 2.24) is 14.3 Å². The molecule has 39 heavy (non-hydrogen) atoms. The number of alkyl halides is 1. The number of halogens is 4. The second-order valence-electron chi connectivity index (χ2n) is 8.80. The molecule has 0 aliphatic carbocycles. The van der Waals surface area contributed by atoms with E-state index in [2.05, 4.69) is 9.97 Å². The number of ketones is 1. The van der Waals surface area contributed by atoms with Crippen molar-refractivity contribution in [3.63, 3.8) is 0 Å². The van der Waals surface area contributed by atoms with Crippen LogP contribution in [0.25, 0.3) is 22.2 Å². The van der Waals surface area contributed by atoms with Crippen molar-refractivity contribution in [3.8, 4) is 16.9 Å². The van der Waals surface area contributed by atoms with Crippen molar-refractivity contribution in [3.05, 3.63) is 76.9 Å². The fourth-order valence-corrected chi connectivity index (χ4v) is 5.59. The summed E-state index contributed by atoms with van der Waals surface area (Å²) >= 11 is 0. The lowest BCUT2D eigenvalue weighted by Crippen LogP contribution is -2.34. The van der Waals surface area contributed by atoms with Crippen molar-refractivity contribution < 1.29 is 40.7 Å². The lowest BCUT2D eigenvalue weighted by Gasteiger charge is -2.18. The molecule has 1 saturated heterocycles. The van der Waals surface area contributed by atoms with E-state index in [1.54, 1.807) is 0 Å². The zero-order chi connectivity index (χ0) is 28.1. The van der Waals surface area contributed by atoms with Gasteiger partial charge in [-0.15, -0.1) is 0 Å². The fraction of sp³-hybridized carbons (Fsp3) is 0.160. The molecule has 5 rings (SSSR count). The highest BCUT2D eigenvalue weighted by molar-refractivity contribution is 7.90. The summed E-state index contributed by atoms with van der Waals surface area (Å²) in [6.45, 7) is -0.552. The van der Waals surface area contributed by atoms with E-state index in [0.717, 1.165) is 34.8 Å². The predicted molar refractivity (Wildman–Crippen MR) is 132 cm³/mol. The third-order valence-electron chi connectivity index (χ3n) is 6.33. The summed E-state index contributed by atoms with van der Waals surface area (Å²) in [6.07, 6.45) is 1.19. The van der Waals surface area contributed by atoms with Crippen LogP contribution in [0.1, 0.15) is 32.7 Å². The van der Waals surface area contributed by atoms with Gasteiger partial charge in [-0.05, 0) is 42.3 Å². The molecule has 0 unspecified atom stereocenters. The Morgan fingerprint density at radius 2 is 1.92 bits per heavy atom. The van der Waals surface area contributed by atoms with Gasteiger partial charge >= 0.3 is 10.2 Å². The maximum Gasteiger partial charge on any atom is 0.301 e. The molecule has 0 amide bonds. The average Bonchev–Trinajstić information content (AvgIpc) is 3.52. The van der Waals surface area contributed by atoms with Crippen LogP contribution < -0.4 is 4.72 Å². The van der Waals surface area contributed by atoms with Crippen LogP contribution in [0.3, 0.4) is 0 Å². The van der Waals surface area contributed by atoms with Gasteiger partial charge in [0.15, 0.2) is 12.1 Å². The van der Waals surface area contributed by atoms with Gasteiger partial charge in [-0.2, -0.15) is 12.7 Å². The third kappa shape index (κ3) is 4.72. The van der Waals surface area contributed by atoms with Crippen LogP contribution >= 0.6 is 0 Å². The second-order valence-corrected chi connectivity index (χ2v) is 10.5. The van der Waals surface area contributed by atoms with Gasteiger partial charge in [0, 0.05) is 42.0 Å². The van der Waals surface area contributed by atoms with E-state index in [1.807, 2.05) is 4.72 Å². The summed E-state index contributed by atoms with van der Waals surface area (Å²) in [6, 6.07) is 4.98. The highest BCUT2D eigenvalue weighted by Gasteiger charge is 2.33. The monoisotopic (exact) mass is 562 g/mol. The molecule has 0 spiro atoms. The summed E-state index contributed by atoms with van der Waals surface area (Å²) in [5.41, 5.74) is -2.07. The van der Waals surface area contributed by atoms with Crippen LogP contribution in [0, 0.1) is 17.5 Å². The molecule has 1 fully saturated rings. The summed E-state index contributed by atoms with van der Waals surface area (Å²) in [5, 5.41) is 10.0. The number of hydrogen-bond acceptors (Lipinski definition) is 6. The standard InChI is InChI=1S/C25H18F4N4O5S/c26-14-3-4-33(10-14)39(37,38)32-20-2-1-18(27)22(23(20)29)24(36)16-9-31-25-15(16)5-13(8-30-25)12-6-19(28)17(11-34)21(35)7-12/h1-2,5-9,11,14,32,35H,3-4,10H2,(H,30,31)/t14-/m0/s1. The first-order valence-corrected chi connectivity index (χ1v) is 12.8. The first-order valence-electron chi connectivity index (χ1n) is 11.4. The van der Waals surface area contributed by atoms with E-state index >= 15 is 4.39 Å². The van der Waals surface area contributed by atoms with Crippen molar-refractivity contribution in [2.45, 2.75) is 12.6 Å². The second kappa shape index (κ2) is 9.78. The molecule has 2 aromatic carbocycles. The summed E-state index contributed by atoms with van der Waals surface area (Å²) in [4.78, 5) is 31.1. The quantitative estimate of drug-likeness (QED) is 0.177. The average molecular weight is 563 g/mol. The molecule has 1 aliphatic heterocycles. The van der Waals surface area contributed by atoms with E-state index in [1.165, 1.54) is 12.3 Å². The van der Waals surface area contributed by atoms with Gasteiger partial charge in [0.25, 0.3) is 0 Å². The molecule has 202 valence electrons. The number of aromatic amines is 1. The molecule has 3 heterocycles. The number of benzene rings is 2. The number of aromatic hydroxyl groups is 1. The lowest BCUT2D eigenvalue weighted by atomic mass is 9.99. The first kappa shape index (κ1) is 26.3. The molecule has 1 atom stereocenters. The Bertz CT molecular complexity index is 1740. The number of nitrogens with zero attached hydrogens (tertiary/aromatic N) is 2. The van der Waals surface area contributed by atoms with Crippen LogP contribution in [-0.4, -0.2) is 59.1 Å². The molecule has 3 N–H and O–H groups in total. The number of rotatable bonds is 7. The Morgan fingerprint density at radius 3 is 2.59 bits per heavy atom. The largest absolute Gasteiger partial charge is 0.507 e. The molecule has 9 nitrogen and oxygen atoms in total. The van der Waals surface area contributed by atoms with Gasteiger partial charge in [0.05, 0.1) is 16.8 Å². The molecule has 2 aromatic heterocycles. The van der Waals surface area contributed by atoms with Crippen LogP contribution in [0.15, 0.2) is 42.7 Å². The maximum absolute atomic E-state index is 15.4. The Kier molecular flexibility index (Phi) is 6.60. The van der Waals surface area contributed by atoms with Crippen LogP contribution in [-0.2, 0) is 10.2 Å². The minimum atomic E-state index is -4.38. The number of carbonyl (C=O) groups excluding carboxylic acids is 2. The number of hydrogen-bond donors (Lipinski definition) is 3. The minimum absolute atomic E-state index is 0.0272. The Hall–Kier alpha value is -4.30. The number of aldehydes is 1. The fourth-order valence-electron chi connectivity index (χ4n) is 4.32. The number of phenols is 1. The van der Waals surface area contributed by atoms with Crippen molar-refractivity contribution in [2.24, 2.45) is 0 Å². The van der Waals surface area contributed by atoms with Gasteiger partial charge in [0.2, 0.25) is 5.78 Å². The summed E-state index contributed by atoms with van der Waals surface area (Å²) in [7, 11) is -4.38. The maximum atomic E-state index is 15.4. The number of carbonyl (C=O) groups is 2. The van der Waals surface area contributed by atoms with Crippen molar-refractivity contribution in [1.29, 1.82) is 0 Å². The van der Waals surface area contributed by atoms with Gasteiger partial charge in [-0.3, -0.25) is 14.3 Å². The van der Waals surface area contributed by atoms with Gasteiger partial charge < -0.3 is 10.1 Å². The normalized spacial score (nSPS) is 16.1.